The van der Waals surface area contributed by atoms with Crippen LogP contribution in [0.3, 0.4) is 0 Å². The van der Waals surface area contributed by atoms with Crippen LogP contribution in [0.5, 0.6) is 0 Å². The SMILES string of the molecule is C/C(C(=O)CCCCO[C@@H]1O[C@H](CO)[C@@H](O)[C@H](O)[C@H]1O)=C1\C(=O)C[C@@H]2[C@@H]3CC=C4C[C@H](O[C@@H]5O[C@H](CO)[C@@H](O[C@@H]6O[C@@H](CO)[C@H](O)[C@H]6O)[C@H](O)[C@H]5OC[C@@H]5O[C@@H](C)[C@H](O)[C@@H](O)[C@H]5O)CC[C@@]4(C)[C@H]3CC[C@]12C. The average Bonchev–Trinajstić information content (AvgIpc) is 3.80. The average molecular weight is 1030 g/mol. The van der Waals surface area contributed by atoms with Gasteiger partial charge < -0.3 is 99.2 Å². The van der Waals surface area contributed by atoms with E-state index in [4.69, 9.17) is 37.9 Å². The molecule has 8 rings (SSSR count). The van der Waals surface area contributed by atoms with Gasteiger partial charge in [-0.05, 0) is 99.4 Å². The van der Waals surface area contributed by atoms with Crippen molar-refractivity contribution in [2.45, 2.75) is 215 Å². The zero-order valence-electron chi connectivity index (χ0n) is 41.4. The van der Waals surface area contributed by atoms with E-state index < -0.39 is 154 Å². The summed E-state index contributed by atoms with van der Waals surface area (Å²) < 4.78 is 47.3. The standard InChI is InChI=1S/C50H78O22/c1-21(28(54)7-5-6-14-65-46-42(63)40(61)36(57)30(17-51)69-46)34-29(55)16-27-25-9-8-23-15-24(10-12-49(23,3)26(25)11-13-50(27,34)4)68-48-45(66-20-33-38(59)39(60)35(56)22(2)67-33)43(64)44(32(19-53)71-48)72-47-41(62)37(58)31(18-52)70-47/h8,22,24-27,30-33,35-48,51-53,56-64H,5-7,9-20H2,1-4H3/b34-21-/t22-,24+,25+,26-,27+,30+,31-,32+,33-,35-,36+,37-,38-,39+,40-,41+,42+,43-,44+,45+,46+,47-,48+,49+,50-/m0/s1. The Morgan fingerprint density at radius 1 is 0.639 bits per heavy atom. The molecule has 4 aliphatic heterocycles. The van der Waals surface area contributed by atoms with Crippen LogP contribution in [-0.4, -0.2) is 229 Å². The van der Waals surface area contributed by atoms with Crippen LogP contribution in [0.2, 0.25) is 0 Å². The Morgan fingerprint density at radius 3 is 1.94 bits per heavy atom. The molecule has 0 amide bonds. The topological polar surface area (TPSA) is 351 Å². The fraction of sp³-hybridized carbons (Fsp3) is 0.880. The second-order valence-corrected chi connectivity index (χ2v) is 22.0. The maximum absolute atomic E-state index is 14.0. The van der Waals surface area contributed by atoms with Gasteiger partial charge in [0.05, 0.1) is 38.6 Å². The van der Waals surface area contributed by atoms with E-state index in [1.54, 1.807) is 6.92 Å². The van der Waals surface area contributed by atoms with Gasteiger partial charge in [0.1, 0.15) is 91.6 Å². The predicted octanol–water partition coefficient (Wildman–Crippen LogP) is -2.46. The number of aliphatic hydroxyl groups excluding tert-OH is 12. The molecule has 8 aliphatic rings. The van der Waals surface area contributed by atoms with Crippen molar-refractivity contribution < 1.29 is 109 Å². The molecule has 410 valence electrons. The zero-order chi connectivity index (χ0) is 52.1. The number of carbonyl (C=O) groups excluding carboxylic acids is 2. The molecule has 0 aromatic rings. The summed E-state index contributed by atoms with van der Waals surface area (Å²) in [6.45, 7) is 5.48. The van der Waals surface area contributed by atoms with E-state index in [0.29, 0.717) is 43.3 Å². The molecular formula is C50H78O22. The minimum Gasteiger partial charge on any atom is -0.394 e. The highest BCUT2D eigenvalue weighted by Gasteiger charge is 2.61. The van der Waals surface area contributed by atoms with Gasteiger partial charge in [0.25, 0.3) is 0 Å². The highest BCUT2D eigenvalue weighted by Crippen LogP contribution is 2.66. The lowest BCUT2D eigenvalue weighted by Gasteiger charge is -2.57. The maximum atomic E-state index is 14.0. The number of Topliss-reactive ketones (excluding diaryl/α,β-unsaturated/α-hetero) is 2. The van der Waals surface area contributed by atoms with Crippen LogP contribution in [0.25, 0.3) is 0 Å². The molecule has 0 aromatic heterocycles. The normalized spacial score (nSPS) is 49.2. The summed E-state index contributed by atoms with van der Waals surface area (Å²) in [6, 6.07) is 0. The molecule has 4 saturated heterocycles. The Hall–Kier alpha value is -1.98. The van der Waals surface area contributed by atoms with Crippen molar-refractivity contribution in [3.63, 3.8) is 0 Å². The zero-order valence-corrected chi connectivity index (χ0v) is 41.4. The number of aliphatic hydroxyl groups is 12. The number of carbonyl (C=O) groups is 2. The van der Waals surface area contributed by atoms with E-state index in [1.165, 1.54) is 12.5 Å². The van der Waals surface area contributed by atoms with E-state index in [2.05, 4.69) is 19.9 Å². The Labute approximate surface area is 418 Å². The lowest BCUT2D eigenvalue weighted by Crippen LogP contribution is -2.63. The molecular weight excluding hydrogens is 953 g/mol. The molecule has 22 nitrogen and oxygen atoms in total. The van der Waals surface area contributed by atoms with Crippen molar-refractivity contribution in [1.82, 2.24) is 0 Å². The number of hydrogen-bond acceptors (Lipinski definition) is 22. The van der Waals surface area contributed by atoms with Crippen LogP contribution in [0.1, 0.15) is 91.9 Å². The Morgan fingerprint density at radius 2 is 1.25 bits per heavy atom. The number of allylic oxidation sites excluding steroid dienone is 3. The van der Waals surface area contributed by atoms with Crippen LogP contribution in [-0.2, 0) is 47.5 Å². The number of hydrogen-bond donors (Lipinski definition) is 12. The first-order valence-corrected chi connectivity index (χ1v) is 25.8. The van der Waals surface area contributed by atoms with Gasteiger partial charge in [0.15, 0.2) is 30.4 Å². The first-order chi connectivity index (χ1) is 34.2. The monoisotopic (exact) mass is 1030 g/mol. The van der Waals surface area contributed by atoms with Gasteiger partial charge in [0, 0.05) is 25.0 Å². The molecule has 7 fully saturated rings. The minimum atomic E-state index is -1.63. The summed E-state index contributed by atoms with van der Waals surface area (Å²) in [5.74, 6) is 0.354. The molecule has 72 heavy (non-hydrogen) atoms. The van der Waals surface area contributed by atoms with Crippen LogP contribution >= 0.6 is 0 Å². The van der Waals surface area contributed by atoms with Crippen molar-refractivity contribution in [3.8, 4) is 0 Å². The Balaban J connectivity index is 0.915. The van der Waals surface area contributed by atoms with E-state index in [0.717, 1.165) is 25.7 Å². The van der Waals surface area contributed by atoms with Gasteiger partial charge in [-0.2, -0.15) is 0 Å². The largest absolute Gasteiger partial charge is 0.394 e. The predicted molar refractivity (Wildman–Crippen MR) is 245 cm³/mol. The van der Waals surface area contributed by atoms with Gasteiger partial charge in [-0.25, -0.2) is 0 Å². The fourth-order valence-electron chi connectivity index (χ4n) is 13.4. The summed E-state index contributed by atoms with van der Waals surface area (Å²) in [5.41, 5.74) is 1.59. The molecule has 12 N–H and O–H groups in total. The van der Waals surface area contributed by atoms with Crippen molar-refractivity contribution in [1.29, 1.82) is 0 Å². The first kappa shape index (κ1) is 56.2. The van der Waals surface area contributed by atoms with Crippen LogP contribution in [0.15, 0.2) is 22.8 Å². The smallest absolute Gasteiger partial charge is 0.187 e. The minimum absolute atomic E-state index is 0.00369. The first-order valence-electron chi connectivity index (χ1n) is 25.8. The molecule has 0 bridgehead atoms. The van der Waals surface area contributed by atoms with E-state index >= 15 is 0 Å². The summed E-state index contributed by atoms with van der Waals surface area (Å²) in [6.07, 6.45) is -18.9. The van der Waals surface area contributed by atoms with Crippen molar-refractivity contribution in [2.75, 3.05) is 33.0 Å². The molecule has 22 heteroatoms. The summed E-state index contributed by atoms with van der Waals surface area (Å²) in [5, 5.41) is 124. The quantitative estimate of drug-likeness (QED) is 0.0408. The van der Waals surface area contributed by atoms with Gasteiger partial charge >= 0.3 is 0 Å². The number of rotatable bonds is 17. The molecule has 0 unspecified atom stereocenters. The molecule has 4 aliphatic carbocycles. The second kappa shape index (κ2) is 22.9. The lowest BCUT2D eigenvalue weighted by molar-refractivity contribution is -0.348. The van der Waals surface area contributed by atoms with E-state index in [1.807, 2.05) is 0 Å². The van der Waals surface area contributed by atoms with Crippen LogP contribution in [0.4, 0.5) is 0 Å². The van der Waals surface area contributed by atoms with E-state index in [9.17, 15) is 70.9 Å². The maximum Gasteiger partial charge on any atom is 0.187 e. The fourth-order valence-corrected chi connectivity index (χ4v) is 13.4. The van der Waals surface area contributed by atoms with Gasteiger partial charge in [0.2, 0.25) is 0 Å². The van der Waals surface area contributed by atoms with Crippen molar-refractivity contribution in [2.24, 2.45) is 28.6 Å². The summed E-state index contributed by atoms with van der Waals surface area (Å²) in [7, 11) is 0. The Bertz CT molecular complexity index is 1950. The molecule has 25 atom stereocenters. The van der Waals surface area contributed by atoms with Gasteiger partial charge in [-0.3, -0.25) is 9.59 Å². The third-order valence-electron chi connectivity index (χ3n) is 17.7. The third kappa shape index (κ3) is 10.6. The van der Waals surface area contributed by atoms with Gasteiger partial charge in [-0.1, -0.05) is 25.5 Å². The summed E-state index contributed by atoms with van der Waals surface area (Å²) >= 11 is 0. The Kier molecular flexibility index (Phi) is 17.9. The van der Waals surface area contributed by atoms with Crippen LogP contribution < -0.4 is 0 Å². The molecule has 0 spiro atoms. The third-order valence-corrected chi connectivity index (χ3v) is 17.7. The van der Waals surface area contributed by atoms with Crippen LogP contribution in [0, 0.1) is 28.6 Å². The highest BCUT2D eigenvalue weighted by atomic mass is 16.8. The highest BCUT2D eigenvalue weighted by molar-refractivity contribution is 6.08. The van der Waals surface area contributed by atoms with E-state index in [-0.39, 0.29) is 47.8 Å². The number of unbranched alkanes of at least 4 members (excludes halogenated alkanes) is 1. The second-order valence-electron chi connectivity index (χ2n) is 22.0. The number of ketones is 2. The number of fused-ring (bicyclic) bond motifs is 5. The van der Waals surface area contributed by atoms with Crippen molar-refractivity contribution in [3.05, 3.63) is 22.8 Å². The molecule has 0 aromatic carbocycles. The molecule has 4 heterocycles. The number of ether oxygens (including phenoxy) is 8. The molecule has 3 saturated carbocycles. The molecule has 0 radical (unpaired) electrons. The lowest BCUT2D eigenvalue weighted by atomic mass is 9.47. The van der Waals surface area contributed by atoms with Gasteiger partial charge in [-0.15, -0.1) is 0 Å². The summed E-state index contributed by atoms with van der Waals surface area (Å²) in [4.78, 5) is 27.7. The van der Waals surface area contributed by atoms with Crippen molar-refractivity contribution >= 4 is 11.6 Å².